The maximum atomic E-state index is 13.7. The van der Waals surface area contributed by atoms with E-state index in [1.165, 1.54) is 12.1 Å². The molecule has 1 heterocycles. The summed E-state index contributed by atoms with van der Waals surface area (Å²) in [5, 5.41) is -0.396. The second-order valence-electron chi connectivity index (χ2n) is 4.36. The molecular formula is C15H6BrF4N. The van der Waals surface area contributed by atoms with Crippen LogP contribution in [-0.4, -0.2) is 4.98 Å². The summed E-state index contributed by atoms with van der Waals surface area (Å²) in [6.45, 7) is 0. The smallest absolute Gasteiger partial charge is 0.199 e. The third-order valence-electron chi connectivity index (χ3n) is 3.06. The Morgan fingerprint density at radius 3 is 2.00 bits per heavy atom. The lowest BCUT2D eigenvalue weighted by Crippen LogP contribution is -2.00. The lowest BCUT2D eigenvalue weighted by Gasteiger charge is -2.07. The number of hydrogen-bond donors (Lipinski definition) is 0. The van der Waals surface area contributed by atoms with Gasteiger partial charge in [0.2, 0.25) is 0 Å². The van der Waals surface area contributed by atoms with Gasteiger partial charge in [-0.2, -0.15) is 0 Å². The van der Waals surface area contributed by atoms with Crippen molar-refractivity contribution in [3.05, 3.63) is 64.1 Å². The first kappa shape index (κ1) is 14.0. The van der Waals surface area contributed by atoms with Crippen LogP contribution in [0.4, 0.5) is 17.6 Å². The van der Waals surface area contributed by atoms with Crippen molar-refractivity contribution < 1.29 is 17.6 Å². The highest BCUT2D eigenvalue weighted by Gasteiger charge is 2.21. The molecule has 3 aromatic rings. The summed E-state index contributed by atoms with van der Waals surface area (Å²) in [5.41, 5.74) is 0.441. The van der Waals surface area contributed by atoms with E-state index in [4.69, 9.17) is 0 Å². The Kier molecular flexibility index (Phi) is 3.41. The Morgan fingerprint density at radius 2 is 1.33 bits per heavy atom. The Hall–Kier alpha value is -1.95. The zero-order valence-electron chi connectivity index (χ0n) is 10.3. The van der Waals surface area contributed by atoms with E-state index in [1.54, 1.807) is 24.3 Å². The number of halogens is 5. The fourth-order valence-corrected chi connectivity index (χ4v) is 2.26. The van der Waals surface area contributed by atoms with Crippen LogP contribution < -0.4 is 0 Å². The number of hydrogen-bond acceptors (Lipinski definition) is 1. The van der Waals surface area contributed by atoms with Crippen molar-refractivity contribution >= 4 is 26.8 Å². The Balaban J connectivity index is 2.27. The van der Waals surface area contributed by atoms with Crippen LogP contribution in [0.15, 0.2) is 40.9 Å². The fourth-order valence-electron chi connectivity index (χ4n) is 2.00. The quantitative estimate of drug-likeness (QED) is 0.331. The Labute approximate surface area is 125 Å². The molecule has 1 nitrogen and oxygen atoms in total. The summed E-state index contributed by atoms with van der Waals surface area (Å²) < 4.78 is 54.6. The zero-order chi connectivity index (χ0) is 15.1. The minimum absolute atomic E-state index is 0.333. The van der Waals surface area contributed by atoms with Gasteiger partial charge >= 0.3 is 0 Å². The van der Waals surface area contributed by atoms with Crippen LogP contribution in [0.3, 0.4) is 0 Å². The fraction of sp³-hybridized carbons (Fsp3) is 0. The van der Waals surface area contributed by atoms with E-state index in [2.05, 4.69) is 20.9 Å². The summed E-state index contributed by atoms with van der Waals surface area (Å²) >= 11 is 3.28. The van der Waals surface area contributed by atoms with Gasteiger partial charge in [-0.25, -0.2) is 22.5 Å². The number of aromatic nitrogens is 1. The first-order chi connectivity index (χ1) is 9.99. The maximum absolute atomic E-state index is 13.7. The second kappa shape index (κ2) is 5.11. The Bertz CT molecular complexity index is 847. The van der Waals surface area contributed by atoms with Crippen molar-refractivity contribution in [2.45, 2.75) is 0 Å². The number of rotatable bonds is 1. The van der Waals surface area contributed by atoms with Crippen LogP contribution in [0.5, 0.6) is 0 Å². The average Bonchev–Trinajstić information content (AvgIpc) is 2.51. The number of benzene rings is 2. The molecule has 0 aliphatic rings. The number of fused-ring (bicyclic) bond motifs is 1. The zero-order valence-corrected chi connectivity index (χ0v) is 11.9. The van der Waals surface area contributed by atoms with Crippen LogP contribution in [0.2, 0.25) is 0 Å². The maximum Gasteiger partial charge on any atom is 0.199 e. The van der Waals surface area contributed by atoms with Crippen molar-refractivity contribution in [2.75, 3.05) is 0 Å². The number of pyridine rings is 1. The summed E-state index contributed by atoms with van der Waals surface area (Å²) in [4.78, 5) is 3.90. The molecule has 0 N–H and O–H groups in total. The van der Waals surface area contributed by atoms with Gasteiger partial charge in [0.15, 0.2) is 23.3 Å². The highest BCUT2D eigenvalue weighted by molar-refractivity contribution is 9.10. The van der Waals surface area contributed by atoms with E-state index >= 15 is 0 Å². The lowest BCUT2D eigenvalue weighted by atomic mass is 10.1. The standard InChI is InChI=1S/C15H6BrF4N/c16-8-3-1-7(2-4-8)10-6-5-9-11(17)12(18)13(19)14(20)15(9)21-10/h1-6H. The van der Waals surface area contributed by atoms with E-state index in [1.807, 2.05) is 0 Å². The normalized spacial score (nSPS) is 11.1. The molecule has 0 spiro atoms. The molecule has 0 aliphatic carbocycles. The molecule has 0 saturated carbocycles. The molecule has 0 bridgehead atoms. The molecule has 0 saturated heterocycles. The molecule has 6 heteroatoms. The van der Waals surface area contributed by atoms with Crippen LogP contribution in [0, 0.1) is 23.3 Å². The molecule has 21 heavy (non-hydrogen) atoms. The van der Waals surface area contributed by atoms with Crippen LogP contribution in [0.25, 0.3) is 22.2 Å². The third kappa shape index (κ3) is 2.29. The molecule has 0 amide bonds. The van der Waals surface area contributed by atoms with Crippen molar-refractivity contribution in [2.24, 2.45) is 0 Å². The predicted molar refractivity (Wildman–Crippen MR) is 74.7 cm³/mol. The molecule has 0 radical (unpaired) electrons. The topological polar surface area (TPSA) is 12.9 Å². The van der Waals surface area contributed by atoms with Gasteiger partial charge in [0, 0.05) is 15.4 Å². The van der Waals surface area contributed by atoms with E-state index in [9.17, 15) is 17.6 Å². The molecule has 0 unspecified atom stereocenters. The minimum atomic E-state index is -1.86. The largest absolute Gasteiger partial charge is 0.244 e. The predicted octanol–water partition coefficient (Wildman–Crippen LogP) is 5.22. The monoisotopic (exact) mass is 355 g/mol. The van der Waals surface area contributed by atoms with Gasteiger partial charge in [0.05, 0.1) is 5.69 Å². The van der Waals surface area contributed by atoms with Crippen LogP contribution in [-0.2, 0) is 0 Å². The summed E-state index contributed by atoms with van der Waals surface area (Å²) in [5.74, 6) is -6.64. The molecule has 3 rings (SSSR count). The minimum Gasteiger partial charge on any atom is -0.244 e. The molecule has 0 aliphatic heterocycles. The van der Waals surface area contributed by atoms with Gasteiger partial charge in [-0.3, -0.25) is 0 Å². The summed E-state index contributed by atoms with van der Waals surface area (Å²) in [7, 11) is 0. The van der Waals surface area contributed by atoms with E-state index in [-0.39, 0.29) is 0 Å². The number of nitrogens with zero attached hydrogens (tertiary/aromatic N) is 1. The van der Waals surface area contributed by atoms with Crippen LogP contribution >= 0.6 is 15.9 Å². The molecule has 2 aromatic carbocycles. The molecule has 1 aromatic heterocycles. The van der Waals surface area contributed by atoms with Crippen molar-refractivity contribution in [3.8, 4) is 11.3 Å². The van der Waals surface area contributed by atoms with Gasteiger partial charge in [0.25, 0.3) is 0 Å². The summed E-state index contributed by atoms with van der Waals surface area (Å²) in [6.07, 6.45) is 0. The highest BCUT2D eigenvalue weighted by atomic mass is 79.9. The van der Waals surface area contributed by atoms with Gasteiger partial charge in [-0.05, 0) is 24.3 Å². The van der Waals surface area contributed by atoms with Crippen molar-refractivity contribution in [3.63, 3.8) is 0 Å². The van der Waals surface area contributed by atoms with Crippen LogP contribution in [0.1, 0.15) is 0 Å². The van der Waals surface area contributed by atoms with Crippen molar-refractivity contribution in [1.82, 2.24) is 4.98 Å². The van der Waals surface area contributed by atoms with E-state index in [0.717, 1.165) is 4.47 Å². The van der Waals surface area contributed by atoms with Gasteiger partial charge < -0.3 is 0 Å². The molecule has 106 valence electrons. The lowest BCUT2D eigenvalue weighted by molar-refractivity contribution is 0.417. The third-order valence-corrected chi connectivity index (χ3v) is 3.59. The van der Waals surface area contributed by atoms with Crippen molar-refractivity contribution in [1.29, 1.82) is 0 Å². The van der Waals surface area contributed by atoms with Gasteiger partial charge in [0.1, 0.15) is 5.52 Å². The Morgan fingerprint density at radius 1 is 0.714 bits per heavy atom. The van der Waals surface area contributed by atoms with E-state index < -0.39 is 34.2 Å². The molecule has 0 fully saturated rings. The van der Waals surface area contributed by atoms with Gasteiger partial charge in [-0.1, -0.05) is 28.1 Å². The SMILES string of the molecule is Fc1c(F)c(F)c2nc(-c3ccc(Br)cc3)ccc2c1F. The first-order valence-corrected chi connectivity index (χ1v) is 6.67. The molecule has 0 atom stereocenters. The van der Waals surface area contributed by atoms with Gasteiger partial charge in [-0.15, -0.1) is 0 Å². The highest BCUT2D eigenvalue weighted by Crippen LogP contribution is 2.28. The second-order valence-corrected chi connectivity index (χ2v) is 5.27. The summed E-state index contributed by atoms with van der Waals surface area (Å²) in [6, 6.07) is 9.54. The first-order valence-electron chi connectivity index (χ1n) is 5.87. The average molecular weight is 356 g/mol. The molecular weight excluding hydrogens is 350 g/mol. The van der Waals surface area contributed by atoms with E-state index in [0.29, 0.717) is 11.3 Å².